The second-order valence-electron chi connectivity index (χ2n) is 3.70. The third-order valence-electron chi connectivity index (χ3n) is 2.26. The van der Waals surface area contributed by atoms with Crippen LogP contribution in [-0.4, -0.2) is 27.9 Å². The van der Waals surface area contributed by atoms with E-state index in [1.807, 2.05) is 0 Å². The van der Waals surface area contributed by atoms with E-state index in [4.69, 9.17) is 15.9 Å². The number of aliphatic hydroxyl groups is 1. The molecule has 0 aliphatic rings. The van der Waals surface area contributed by atoms with Gasteiger partial charge in [-0.25, -0.2) is 9.18 Å². The smallest absolute Gasteiger partial charge is 0.336 e. The van der Waals surface area contributed by atoms with Crippen molar-refractivity contribution in [2.45, 2.75) is 12.5 Å². The number of hydrogen-bond donors (Lipinski definition) is 4. The molecule has 0 aromatic heterocycles. The summed E-state index contributed by atoms with van der Waals surface area (Å²) in [5.41, 5.74) is 3.43. The number of aromatic hydroxyl groups is 1. The molecule has 0 bridgehead atoms. The average Bonchev–Trinajstić information content (AvgIpc) is 2.21. The second-order valence-corrected chi connectivity index (χ2v) is 3.70. The Bertz CT molecular complexity index is 431. The van der Waals surface area contributed by atoms with Gasteiger partial charge in [0.1, 0.15) is 0 Å². The number of carbonyl (C=O) groups is 1. The molecule has 0 radical (unpaired) electrons. The number of aliphatic hydroxyl groups excluding tert-OH is 1. The maximum Gasteiger partial charge on any atom is 0.336 e. The first-order chi connectivity index (χ1) is 7.31. The molecule has 5 nitrogen and oxygen atoms in total. The molecule has 0 aliphatic carbocycles. The van der Waals surface area contributed by atoms with Crippen LogP contribution < -0.4 is 5.73 Å². The topological polar surface area (TPSA) is 104 Å². The van der Waals surface area contributed by atoms with Gasteiger partial charge in [-0.3, -0.25) is 0 Å². The highest BCUT2D eigenvalue weighted by Crippen LogP contribution is 2.32. The Hall–Kier alpha value is -1.66. The SMILES string of the molecule is C[C@](N)(CO)c1c(C(=O)O)ccc(F)c1O. The van der Waals surface area contributed by atoms with E-state index in [2.05, 4.69) is 0 Å². The summed E-state index contributed by atoms with van der Waals surface area (Å²) in [6, 6.07) is 1.82. The Morgan fingerprint density at radius 3 is 2.56 bits per heavy atom. The number of rotatable bonds is 3. The molecule has 1 aromatic rings. The molecule has 0 saturated carbocycles. The lowest BCUT2D eigenvalue weighted by atomic mass is 9.88. The van der Waals surface area contributed by atoms with Gasteiger partial charge in [-0.15, -0.1) is 0 Å². The van der Waals surface area contributed by atoms with Gasteiger partial charge < -0.3 is 21.1 Å². The standard InChI is InChI=1S/C10H12FNO4/c1-10(12,4-13)7-5(9(15)16)2-3-6(11)8(7)14/h2-3,13-14H,4,12H2,1H3,(H,15,16)/t10-/m0/s1. The first-order valence-corrected chi connectivity index (χ1v) is 4.46. The van der Waals surface area contributed by atoms with E-state index >= 15 is 0 Å². The van der Waals surface area contributed by atoms with Crippen LogP contribution in [0.3, 0.4) is 0 Å². The van der Waals surface area contributed by atoms with Crippen LogP contribution in [0.15, 0.2) is 12.1 Å². The fourth-order valence-corrected chi connectivity index (χ4v) is 1.40. The van der Waals surface area contributed by atoms with E-state index in [1.54, 1.807) is 0 Å². The summed E-state index contributed by atoms with van der Waals surface area (Å²) in [4.78, 5) is 10.9. The third kappa shape index (κ3) is 1.98. The predicted octanol–water partition coefficient (Wildman–Crippen LogP) is 0.396. The summed E-state index contributed by atoms with van der Waals surface area (Å²) in [6.07, 6.45) is 0. The lowest BCUT2D eigenvalue weighted by Crippen LogP contribution is -2.38. The molecular formula is C10H12FNO4. The molecule has 1 rings (SSSR count). The lowest BCUT2D eigenvalue weighted by molar-refractivity contribution is 0.0691. The molecule has 6 heteroatoms. The molecule has 0 aliphatic heterocycles. The van der Waals surface area contributed by atoms with Crippen LogP contribution in [0.1, 0.15) is 22.8 Å². The van der Waals surface area contributed by atoms with Crippen LogP contribution in [0, 0.1) is 5.82 Å². The molecular weight excluding hydrogens is 217 g/mol. The Morgan fingerprint density at radius 2 is 2.12 bits per heavy atom. The van der Waals surface area contributed by atoms with Crippen LogP contribution in [0.4, 0.5) is 4.39 Å². The monoisotopic (exact) mass is 229 g/mol. The molecule has 0 unspecified atom stereocenters. The first kappa shape index (κ1) is 12.4. The van der Waals surface area contributed by atoms with Crippen molar-refractivity contribution in [3.63, 3.8) is 0 Å². The normalized spacial score (nSPS) is 14.5. The maximum atomic E-state index is 13.1. The summed E-state index contributed by atoms with van der Waals surface area (Å²) in [6.45, 7) is 0.679. The average molecular weight is 229 g/mol. The Kier molecular flexibility index (Phi) is 3.16. The molecule has 16 heavy (non-hydrogen) atoms. The van der Waals surface area contributed by atoms with Gasteiger partial charge in [0.05, 0.1) is 17.7 Å². The van der Waals surface area contributed by atoms with Crippen molar-refractivity contribution in [2.24, 2.45) is 5.73 Å². The Morgan fingerprint density at radius 1 is 1.56 bits per heavy atom. The number of carboxylic acid groups (broad SMARTS) is 1. The van der Waals surface area contributed by atoms with E-state index < -0.39 is 29.7 Å². The molecule has 0 amide bonds. The Labute approximate surface area is 90.9 Å². The van der Waals surface area contributed by atoms with E-state index in [0.29, 0.717) is 0 Å². The summed E-state index contributed by atoms with van der Waals surface area (Å²) in [7, 11) is 0. The van der Waals surface area contributed by atoms with Crippen LogP contribution in [0.25, 0.3) is 0 Å². The van der Waals surface area contributed by atoms with Crippen molar-refractivity contribution in [1.29, 1.82) is 0 Å². The van der Waals surface area contributed by atoms with E-state index in [9.17, 15) is 14.3 Å². The van der Waals surface area contributed by atoms with Gasteiger partial charge in [0.25, 0.3) is 0 Å². The molecule has 0 fully saturated rings. The summed E-state index contributed by atoms with van der Waals surface area (Å²) in [5.74, 6) is -3.18. The maximum absolute atomic E-state index is 13.1. The van der Waals surface area contributed by atoms with Gasteiger partial charge in [-0.2, -0.15) is 0 Å². The number of carboxylic acids is 1. The highest BCUT2D eigenvalue weighted by Gasteiger charge is 2.31. The van der Waals surface area contributed by atoms with Crippen molar-refractivity contribution < 1.29 is 24.5 Å². The van der Waals surface area contributed by atoms with Crippen molar-refractivity contribution in [3.05, 3.63) is 29.1 Å². The molecule has 0 spiro atoms. The fourth-order valence-electron chi connectivity index (χ4n) is 1.40. The molecule has 1 atom stereocenters. The minimum Gasteiger partial charge on any atom is -0.505 e. The van der Waals surface area contributed by atoms with Gasteiger partial charge in [-0.1, -0.05) is 0 Å². The van der Waals surface area contributed by atoms with E-state index in [-0.39, 0.29) is 11.1 Å². The van der Waals surface area contributed by atoms with Crippen LogP contribution in [0.2, 0.25) is 0 Å². The van der Waals surface area contributed by atoms with Crippen molar-refractivity contribution in [1.82, 2.24) is 0 Å². The summed E-state index contributed by atoms with van der Waals surface area (Å²) >= 11 is 0. The summed E-state index contributed by atoms with van der Waals surface area (Å²) in [5, 5.41) is 27.4. The molecule has 1 aromatic carbocycles. The largest absolute Gasteiger partial charge is 0.505 e. The third-order valence-corrected chi connectivity index (χ3v) is 2.26. The zero-order valence-corrected chi connectivity index (χ0v) is 8.57. The number of phenols is 1. The number of nitrogens with two attached hydrogens (primary N) is 1. The molecule has 0 heterocycles. The lowest BCUT2D eigenvalue weighted by Gasteiger charge is -2.25. The van der Waals surface area contributed by atoms with Crippen molar-refractivity contribution >= 4 is 5.97 Å². The van der Waals surface area contributed by atoms with Crippen molar-refractivity contribution in [3.8, 4) is 5.75 Å². The Balaban J connectivity index is 3.56. The molecule has 0 saturated heterocycles. The van der Waals surface area contributed by atoms with Gasteiger partial charge in [0, 0.05) is 5.56 Å². The number of hydrogen-bond acceptors (Lipinski definition) is 4. The summed E-state index contributed by atoms with van der Waals surface area (Å²) < 4.78 is 13.1. The number of halogens is 1. The van der Waals surface area contributed by atoms with Crippen LogP contribution >= 0.6 is 0 Å². The van der Waals surface area contributed by atoms with Gasteiger partial charge in [0.15, 0.2) is 11.6 Å². The number of aromatic carboxylic acids is 1. The number of phenolic OH excluding ortho intramolecular Hbond substituents is 1. The first-order valence-electron chi connectivity index (χ1n) is 4.46. The zero-order valence-electron chi connectivity index (χ0n) is 8.57. The predicted molar refractivity (Wildman–Crippen MR) is 53.6 cm³/mol. The highest BCUT2D eigenvalue weighted by atomic mass is 19.1. The minimum absolute atomic E-state index is 0.317. The van der Waals surface area contributed by atoms with E-state index in [1.165, 1.54) is 6.92 Å². The number of benzene rings is 1. The van der Waals surface area contributed by atoms with E-state index in [0.717, 1.165) is 12.1 Å². The second kappa shape index (κ2) is 4.07. The van der Waals surface area contributed by atoms with Crippen molar-refractivity contribution in [2.75, 3.05) is 6.61 Å². The highest BCUT2D eigenvalue weighted by molar-refractivity contribution is 5.90. The quantitative estimate of drug-likeness (QED) is 0.600. The fraction of sp³-hybridized carbons (Fsp3) is 0.300. The zero-order chi connectivity index (χ0) is 12.5. The van der Waals surface area contributed by atoms with Gasteiger partial charge in [0.2, 0.25) is 0 Å². The van der Waals surface area contributed by atoms with Gasteiger partial charge >= 0.3 is 5.97 Å². The van der Waals surface area contributed by atoms with Crippen LogP contribution in [-0.2, 0) is 5.54 Å². The minimum atomic E-state index is -1.53. The molecule has 88 valence electrons. The molecule has 5 N–H and O–H groups in total. The van der Waals surface area contributed by atoms with Gasteiger partial charge in [-0.05, 0) is 19.1 Å². The van der Waals surface area contributed by atoms with Crippen LogP contribution in [0.5, 0.6) is 5.75 Å².